The van der Waals surface area contributed by atoms with Crippen LogP contribution in [0.4, 0.5) is 4.79 Å². The molecule has 6 nitrogen and oxygen atoms in total. The van der Waals surface area contributed by atoms with Gasteiger partial charge in [0.2, 0.25) is 5.78 Å². The van der Waals surface area contributed by atoms with Crippen molar-refractivity contribution in [1.82, 2.24) is 9.88 Å². The fraction of sp³-hybridized carbons (Fsp3) is 0.353. The van der Waals surface area contributed by atoms with Crippen LogP contribution in [-0.2, 0) is 9.53 Å². The first-order chi connectivity index (χ1) is 11.6. The molecule has 0 saturated carbocycles. The van der Waals surface area contributed by atoms with Crippen molar-refractivity contribution in [2.24, 2.45) is 0 Å². The molecule has 1 aliphatic rings. The van der Waals surface area contributed by atoms with E-state index in [1.54, 1.807) is 18.0 Å². The fourth-order valence-electron chi connectivity index (χ4n) is 2.66. The minimum absolute atomic E-state index is 0.00859. The van der Waals surface area contributed by atoms with Crippen molar-refractivity contribution in [2.45, 2.75) is 19.4 Å². The largest absolute Gasteiger partial charge is 0.454 e. The van der Waals surface area contributed by atoms with Crippen molar-refractivity contribution in [1.29, 1.82) is 0 Å². The lowest BCUT2D eigenvalue weighted by Crippen LogP contribution is -2.29. The van der Waals surface area contributed by atoms with E-state index < -0.39 is 12.1 Å². The number of hydrogen-bond donors (Lipinski definition) is 1. The number of ether oxygens (including phenoxy) is 1. The SMILES string of the molecule is CC(OC(=O)CCN1CCSC1=O)C(=O)c1c[nH]c2ccccc12. The van der Waals surface area contributed by atoms with E-state index in [9.17, 15) is 14.4 Å². The highest BCUT2D eigenvalue weighted by molar-refractivity contribution is 8.13. The molecule has 1 aromatic carbocycles. The standard InChI is InChI=1S/C17H18N2O4S/c1-11(23-15(20)6-7-19-8-9-24-17(19)22)16(21)13-10-18-14-5-3-2-4-12(13)14/h2-5,10-11,18H,6-9H2,1H3. The molecule has 7 heteroatoms. The zero-order chi connectivity index (χ0) is 17.1. The molecule has 2 aromatic rings. The van der Waals surface area contributed by atoms with Gasteiger partial charge in [0.15, 0.2) is 6.10 Å². The number of carbonyl (C=O) groups excluding carboxylic acids is 3. The molecule has 1 unspecified atom stereocenters. The maximum atomic E-state index is 12.5. The number of rotatable bonds is 6. The zero-order valence-corrected chi connectivity index (χ0v) is 14.1. The Morgan fingerprint density at radius 3 is 2.92 bits per heavy atom. The highest BCUT2D eigenvalue weighted by Gasteiger charge is 2.24. The van der Waals surface area contributed by atoms with Crippen LogP contribution in [0.5, 0.6) is 0 Å². The topological polar surface area (TPSA) is 79.5 Å². The summed E-state index contributed by atoms with van der Waals surface area (Å²) in [7, 11) is 0. The molecule has 1 atom stereocenters. The van der Waals surface area contributed by atoms with Crippen molar-refractivity contribution in [3.05, 3.63) is 36.0 Å². The van der Waals surface area contributed by atoms with E-state index in [0.29, 0.717) is 18.7 Å². The minimum Gasteiger partial charge on any atom is -0.454 e. The normalized spacial score (nSPS) is 15.7. The third kappa shape index (κ3) is 3.46. The van der Waals surface area contributed by atoms with Crippen molar-refractivity contribution in [2.75, 3.05) is 18.8 Å². The molecule has 1 saturated heterocycles. The Morgan fingerprint density at radius 1 is 1.38 bits per heavy atom. The molecule has 1 aliphatic heterocycles. The number of nitrogens with zero attached hydrogens (tertiary/aromatic N) is 1. The van der Waals surface area contributed by atoms with Crippen LogP contribution >= 0.6 is 11.8 Å². The van der Waals surface area contributed by atoms with E-state index in [0.717, 1.165) is 16.7 Å². The Kier molecular flexibility index (Phi) is 4.89. The lowest BCUT2D eigenvalue weighted by atomic mass is 10.1. The third-order valence-corrected chi connectivity index (χ3v) is 4.85. The number of carbonyl (C=O) groups is 3. The highest BCUT2D eigenvalue weighted by Crippen LogP contribution is 2.20. The summed E-state index contributed by atoms with van der Waals surface area (Å²) >= 11 is 1.25. The van der Waals surface area contributed by atoms with Gasteiger partial charge >= 0.3 is 5.97 Å². The molecular formula is C17H18N2O4S. The van der Waals surface area contributed by atoms with Crippen molar-refractivity contribution >= 4 is 39.7 Å². The van der Waals surface area contributed by atoms with E-state index in [4.69, 9.17) is 4.74 Å². The summed E-state index contributed by atoms with van der Waals surface area (Å²) in [5.74, 6) is 0.0394. The van der Waals surface area contributed by atoms with Crippen molar-refractivity contribution in [3.63, 3.8) is 0 Å². The first-order valence-corrected chi connectivity index (χ1v) is 8.76. The summed E-state index contributed by atoms with van der Waals surface area (Å²) in [5.41, 5.74) is 1.38. The third-order valence-electron chi connectivity index (χ3n) is 3.96. The number of aromatic amines is 1. The van der Waals surface area contributed by atoms with Crippen LogP contribution in [0.15, 0.2) is 30.5 Å². The van der Waals surface area contributed by atoms with Crippen LogP contribution in [0, 0.1) is 0 Å². The van der Waals surface area contributed by atoms with E-state index in [2.05, 4.69) is 4.98 Å². The maximum absolute atomic E-state index is 12.5. The number of H-pyrrole nitrogens is 1. The molecule has 1 N–H and O–H groups in total. The van der Waals surface area contributed by atoms with Crippen LogP contribution in [0.1, 0.15) is 23.7 Å². The number of thioether (sulfide) groups is 1. The number of Topliss-reactive ketones (excluding diaryl/α,β-unsaturated/α-hetero) is 1. The molecule has 24 heavy (non-hydrogen) atoms. The summed E-state index contributed by atoms with van der Waals surface area (Å²) < 4.78 is 5.23. The number of aromatic nitrogens is 1. The number of para-hydroxylation sites is 1. The Morgan fingerprint density at radius 2 is 2.17 bits per heavy atom. The number of benzene rings is 1. The van der Waals surface area contributed by atoms with E-state index in [-0.39, 0.29) is 17.4 Å². The fourth-order valence-corrected chi connectivity index (χ4v) is 3.51. The van der Waals surface area contributed by atoms with Gasteiger partial charge in [-0.1, -0.05) is 30.0 Å². The van der Waals surface area contributed by atoms with Gasteiger partial charge in [0.1, 0.15) is 0 Å². The molecule has 1 aromatic heterocycles. The van der Waals surface area contributed by atoms with Crippen LogP contribution in [0.3, 0.4) is 0 Å². The molecule has 126 valence electrons. The van der Waals surface area contributed by atoms with Crippen LogP contribution < -0.4 is 0 Å². The molecule has 3 rings (SSSR count). The molecule has 1 amide bonds. The Labute approximate surface area is 143 Å². The first-order valence-electron chi connectivity index (χ1n) is 7.78. The van der Waals surface area contributed by atoms with Gasteiger partial charge < -0.3 is 14.6 Å². The molecule has 0 spiro atoms. The second kappa shape index (κ2) is 7.09. The zero-order valence-electron chi connectivity index (χ0n) is 13.3. The molecule has 1 fully saturated rings. The molecular weight excluding hydrogens is 328 g/mol. The second-order valence-electron chi connectivity index (χ2n) is 5.60. The molecule has 0 radical (unpaired) electrons. The minimum atomic E-state index is -0.861. The maximum Gasteiger partial charge on any atom is 0.308 e. The summed E-state index contributed by atoms with van der Waals surface area (Å²) in [6.07, 6.45) is 0.871. The van der Waals surface area contributed by atoms with Gasteiger partial charge in [0.05, 0.1) is 6.42 Å². The lowest BCUT2D eigenvalue weighted by molar-refractivity contribution is -0.146. The smallest absolute Gasteiger partial charge is 0.308 e. The van der Waals surface area contributed by atoms with Gasteiger partial charge in [-0.25, -0.2) is 0 Å². The predicted molar refractivity (Wildman–Crippen MR) is 92.2 cm³/mol. The average Bonchev–Trinajstić information content (AvgIpc) is 3.18. The number of nitrogens with one attached hydrogen (secondary N) is 1. The van der Waals surface area contributed by atoms with Gasteiger partial charge in [-0.2, -0.15) is 0 Å². The number of esters is 1. The number of ketones is 1. The summed E-state index contributed by atoms with van der Waals surface area (Å²) in [5, 5.41) is 0.802. The second-order valence-corrected chi connectivity index (χ2v) is 6.64. The van der Waals surface area contributed by atoms with Crippen LogP contribution in [0.2, 0.25) is 0 Å². The van der Waals surface area contributed by atoms with Crippen LogP contribution in [0.25, 0.3) is 10.9 Å². The summed E-state index contributed by atoms with van der Waals surface area (Å²) in [4.78, 5) is 40.6. The van der Waals surface area contributed by atoms with E-state index >= 15 is 0 Å². The summed E-state index contributed by atoms with van der Waals surface area (Å²) in [6, 6.07) is 7.47. The Hall–Kier alpha value is -2.28. The predicted octanol–water partition coefficient (Wildman–Crippen LogP) is 2.84. The van der Waals surface area contributed by atoms with Gasteiger partial charge in [-0.05, 0) is 13.0 Å². The average molecular weight is 346 g/mol. The van der Waals surface area contributed by atoms with Gasteiger partial charge in [0, 0.05) is 41.5 Å². The quantitative estimate of drug-likeness (QED) is 0.643. The Bertz CT molecular complexity index is 786. The number of fused-ring (bicyclic) bond motifs is 1. The van der Waals surface area contributed by atoms with Gasteiger partial charge in [-0.15, -0.1) is 0 Å². The lowest BCUT2D eigenvalue weighted by Gasteiger charge is -2.15. The summed E-state index contributed by atoms with van der Waals surface area (Å²) in [6.45, 7) is 2.55. The van der Waals surface area contributed by atoms with Crippen molar-refractivity contribution < 1.29 is 19.1 Å². The highest BCUT2D eigenvalue weighted by atomic mass is 32.2. The van der Waals surface area contributed by atoms with Crippen LogP contribution in [-0.4, -0.2) is 51.8 Å². The first kappa shape index (κ1) is 16.6. The van der Waals surface area contributed by atoms with Gasteiger partial charge in [0.25, 0.3) is 5.24 Å². The molecule has 0 bridgehead atoms. The molecule has 2 heterocycles. The van der Waals surface area contributed by atoms with E-state index in [1.165, 1.54) is 11.8 Å². The van der Waals surface area contributed by atoms with Crippen molar-refractivity contribution in [3.8, 4) is 0 Å². The molecule has 0 aliphatic carbocycles. The Balaban J connectivity index is 1.57. The number of amides is 1. The number of hydrogen-bond acceptors (Lipinski definition) is 5. The van der Waals surface area contributed by atoms with E-state index in [1.807, 2.05) is 24.3 Å². The monoisotopic (exact) mass is 346 g/mol. The van der Waals surface area contributed by atoms with Gasteiger partial charge in [-0.3, -0.25) is 14.4 Å².